The van der Waals surface area contributed by atoms with E-state index >= 15 is 0 Å². The second-order valence-corrected chi connectivity index (χ2v) is 6.00. The summed E-state index contributed by atoms with van der Waals surface area (Å²) in [5.41, 5.74) is 2.80. The number of fused-ring (bicyclic) bond motifs is 1. The van der Waals surface area contributed by atoms with E-state index in [2.05, 4.69) is 10.3 Å². The fraction of sp³-hybridized carbons (Fsp3) is 0.0909. The number of hydrogen-bond acceptors (Lipinski definition) is 5. The minimum atomic E-state index is -0.258. The van der Waals surface area contributed by atoms with Gasteiger partial charge in [-0.05, 0) is 67.6 Å². The molecule has 0 saturated heterocycles. The predicted octanol–water partition coefficient (Wildman–Crippen LogP) is 5.14. The van der Waals surface area contributed by atoms with E-state index in [1.54, 1.807) is 42.7 Å². The van der Waals surface area contributed by atoms with Crippen LogP contribution in [0.25, 0.3) is 28.6 Å². The molecular weight excluding hydrogens is 356 g/mol. The fourth-order valence-electron chi connectivity index (χ4n) is 2.72. The van der Waals surface area contributed by atoms with Gasteiger partial charge in [0, 0.05) is 17.3 Å². The molecule has 2 aromatic carbocycles. The Bertz CT molecular complexity index is 1110. The monoisotopic (exact) mass is 374 g/mol. The van der Waals surface area contributed by atoms with E-state index in [9.17, 15) is 4.79 Å². The molecule has 4 aromatic rings. The molecule has 1 amide bonds. The standard InChI is InChI=1S/C22H18N2O4/c1-2-26-18-8-5-15(6-9-18)22-24-19-14-16(7-11-20(19)28-22)23-21(25)12-10-17-4-3-13-27-17/h3-14H,2H2,1H3,(H,23,25). The third kappa shape index (κ3) is 3.96. The molecule has 1 N–H and O–H groups in total. The van der Waals surface area contributed by atoms with Gasteiger partial charge in [-0.15, -0.1) is 0 Å². The van der Waals surface area contributed by atoms with Gasteiger partial charge in [0.05, 0.1) is 12.9 Å². The molecule has 140 valence electrons. The number of benzene rings is 2. The number of hydrogen-bond donors (Lipinski definition) is 1. The fourth-order valence-corrected chi connectivity index (χ4v) is 2.72. The summed E-state index contributed by atoms with van der Waals surface area (Å²) in [6, 6.07) is 16.4. The Morgan fingerprint density at radius 2 is 2.04 bits per heavy atom. The number of anilines is 1. The molecule has 0 aliphatic heterocycles. The molecule has 0 radical (unpaired) electrons. The van der Waals surface area contributed by atoms with Gasteiger partial charge in [0.2, 0.25) is 11.8 Å². The Balaban J connectivity index is 1.50. The quantitative estimate of drug-likeness (QED) is 0.473. The van der Waals surface area contributed by atoms with Crippen molar-refractivity contribution in [3.05, 3.63) is 72.7 Å². The van der Waals surface area contributed by atoms with Crippen LogP contribution in [0.2, 0.25) is 0 Å². The van der Waals surface area contributed by atoms with Gasteiger partial charge in [-0.25, -0.2) is 4.98 Å². The van der Waals surface area contributed by atoms with Gasteiger partial charge in [0.25, 0.3) is 0 Å². The summed E-state index contributed by atoms with van der Waals surface area (Å²) in [4.78, 5) is 16.6. The van der Waals surface area contributed by atoms with Crippen LogP contribution in [0.5, 0.6) is 5.75 Å². The lowest BCUT2D eigenvalue weighted by molar-refractivity contribution is -0.111. The number of oxazole rings is 1. The molecule has 2 aromatic heterocycles. The van der Waals surface area contributed by atoms with Crippen molar-refractivity contribution in [1.29, 1.82) is 0 Å². The Morgan fingerprint density at radius 3 is 2.79 bits per heavy atom. The normalized spacial score (nSPS) is 11.2. The van der Waals surface area contributed by atoms with Crippen LogP contribution in [0.1, 0.15) is 12.7 Å². The topological polar surface area (TPSA) is 77.5 Å². The van der Waals surface area contributed by atoms with E-state index < -0.39 is 0 Å². The molecule has 0 aliphatic rings. The molecule has 4 rings (SSSR count). The predicted molar refractivity (Wildman–Crippen MR) is 107 cm³/mol. The van der Waals surface area contributed by atoms with Crippen molar-refractivity contribution in [2.45, 2.75) is 6.92 Å². The minimum absolute atomic E-state index is 0.258. The molecule has 0 aliphatic carbocycles. The molecule has 0 unspecified atom stereocenters. The highest BCUT2D eigenvalue weighted by atomic mass is 16.5. The van der Waals surface area contributed by atoms with Crippen LogP contribution in [0.4, 0.5) is 5.69 Å². The average molecular weight is 374 g/mol. The number of ether oxygens (including phenoxy) is 1. The Labute approximate surface area is 161 Å². The molecule has 0 bridgehead atoms. The summed E-state index contributed by atoms with van der Waals surface area (Å²) in [5, 5.41) is 2.80. The number of aromatic nitrogens is 1. The second-order valence-electron chi connectivity index (χ2n) is 6.00. The maximum absolute atomic E-state index is 12.1. The van der Waals surface area contributed by atoms with Crippen LogP contribution in [0.3, 0.4) is 0 Å². The number of carbonyl (C=O) groups is 1. The van der Waals surface area contributed by atoms with Crippen LogP contribution in [-0.2, 0) is 4.79 Å². The van der Waals surface area contributed by atoms with Gasteiger partial charge in [0.15, 0.2) is 5.58 Å². The lowest BCUT2D eigenvalue weighted by Gasteiger charge is -2.02. The number of rotatable bonds is 6. The highest BCUT2D eigenvalue weighted by Gasteiger charge is 2.10. The van der Waals surface area contributed by atoms with Crippen molar-refractivity contribution >= 4 is 28.8 Å². The van der Waals surface area contributed by atoms with E-state index in [1.807, 2.05) is 31.2 Å². The lowest BCUT2D eigenvalue weighted by Crippen LogP contribution is -2.07. The highest BCUT2D eigenvalue weighted by Crippen LogP contribution is 2.27. The number of furan rings is 1. The SMILES string of the molecule is CCOc1ccc(-c2nc3cc(NC(=O)C=Cc4ccco4)ccc3o2)cc1. The summed E-state index contributed by atoms with van der Waals surface area (Å²) in [6.45, 7) is 2.56. The second kappa shape index (κ2) is 7.84. The first-order valence-electron chi connectivity index (χ1n) is 8.87. The first-order chi connectivity index (χ1) is 13.7. The van der Waals surface area contributed by atoms with Crippen molar-refractivity contribution in [1.82, 2.24) is 4.98 Å². The molecule has 2 heterocycles. The first-order valence-corrected chi connectivity index (χ1v) is 8.87. The smallest absolute Gasteiger partial charge is 0.248 e. The van der Waals surface area contributed by atoms with Crippen LogP contribution in [0.15, 0.2) is 75.8 Å². The molecule has 0 atom stereocenters. The molecule has 0 saturated carbocycles. The van der Waals surface area contributed by atoms with Crippen LogP contribution in [0, 0.1) is 0 Å². The number of nitrogens with one attached hydrogen (secondary N) is 1. The van der Waals surface area contributed by atoms with Gasteiger partial charge in [0.1, 0.15) is 17.0 Å². The van der Waals surface area contributed by atoms with E-state index in [0.29, 0.717) is 35.0 Å². The van der Waals surface area contributed by atoms with E-state index in [1.165, 1.54) is 6.08 Å². The van der Waals surface area contributed by atoms with Crippen molar-refractivity contribution in [2.75, 3.05) is 11.9 Å². The molecule has 0 fully saturated rings. The number of nitrogens with zero attached hydrogens (tertiary/aromatic N) is 1. The Hall–Kier alpha value is -3.80. The molecule has 6 nitrogen and oxygen atoms in total. The van der Waals surface area contributed by atoms with E-state index in [0.717, 1.165) is 11.3 Å². The largest absolute Gasteiger partial charge is 0.494 e. The van der Waals surface area contributed by atoms with Gasteiger partial charge >= 0.3 is 0 Å². The van der Waals surface area contributed by atoms with E-state index in [4.69, 9.17) is 13.6 Å². The maximum Gasteiger partial charge on any atom is 0.248 e. The molecule has 6 heteroatoms. The lowest BCUT2D eigenvalue weighted by atomic mass is 10.2. The number of amides is 1. The summed E-state index contributed by atoms with van der Waals surface area (Å²) in [7, 11) is 0. The summed E-state index contributed by atoms with van der Waals surface area (Å²) in [5.74, 6) is 1.67. The molecule has 0 spiro atoms. The van der Waals surface area contributed by atoms with Gasteiger partial charge in [-0.1, -0.05) is 0 Å². The van der Waals surface area contributed by atoms with Crippen LogP contribution < -0.4 is 10.1 Å². The zero-order valence-electron chi connectivity index (χ0n) is 15.2. The third-order valence-electron chi connectivity index (χ3n) is 4.01. The van der Waals surface area contributed by atoms with Crippen molar-refractivity contribution in [3.63, 3.8) is 0 Å². The maximum atomic E-state index is 12.1. The first kappa shape index (κ1) is 17.6. The Kier molecular flexibility index (Phi) is 4.93. The zero-order chi connectivity index (χ0) is 19.3. The van der Waals surface area contributed by atoms with E-state index in [-0.39, 0.29) is 5.91 Å². The summed E-state index contributed by atoms with van der Waals surface area (Å²) in [6.07, 6.45) is 4.57. The van der Waals surface area contributed by atoms with Crippen LogP contribution in [-0.4, -0.2) is 17.5 Å². The third-order valence-corrected chi connectivity index (χ3v) is 4.01. The van der Waals surface area contributed by atoms with Crippen molar-refractivity contribution in [3.8, 4) is 17.2 Å². The van der Waals surface area contributed by atoms with Gasteiger partial charge in [-0.2, -0.15) is 0 Å². The summed E-state index contributed by atoms with van der Waals surface area (Å²) >= 11 is 0. The summed E-state index contributed by atoms with van der Waals surface area (Å²) < 4.78 is 16.4. The van der Waals surface area contributed by atoms with Gasteiger partial charge in [-0.3, -0.25) is 4.79 Å². The minimum Gasteiger partial charge on any atom is -0.494 e. The Morgan fingerprint density at radius 1 is 1.18 bits per heavy atom. The molecular formula is C22H18N2O4. The highest BCUT2D eigenvalue weighted by molar-refractivity contribution is 6.02. The van der Waals surface area contributed by atoms with Gasteiger partial charge < -0.3 is 18.9 Å². The zero-order valence-corrected chi connectivity index (χ0v) is 15.2. The van der Waals surface area contributed by atoms with Crippen molar-refractivity contribution in [2.24, 2.45) is 0 Å². The van der Waals surface area contributed by atoms with Crippen LogP contribution >= 0.6 is 0 Å². The average Bonchev–Trinajstić information content (AvgIpc) is 3.36. The van der Waals surface area contributed by atoms with Crippen molar-refractivity contribution < 1.29 is 18.4 Å². The molecule has 28 heavy (non-hydrogen) atoms. The number of carbonyl (C=O) groups excluding carboxylic acids is 1.